The van der Waals surface area contributed by atoms with Crippen molar-refractivity contribution in [2.45, 2.75) is 33.3 Å². The number of rotatable bonds is 11. The number of ether oxygens (including phenoxy) is 3. The smallest absolute Gasteiger partial charge is 0.337 e. The highest BCUT2D eigenvalue weighted by atomic mass is 16.5. The molecule has 2 heterocycles. The number of aromatic carboxylic acids is 1. The number of nitrogens with zero attached hydrogens (tertiary/aromatic N) is 3. The van der Waals surface area contributed by atoms with Gasteiger partial charge in [-0.2, -0.15) is 10.4 Å². The molecule has 4 rings (SSSR count). The first-order valence-corrected chi connectivity index (χ1v) is 12.9. The van der Waals surface area contributed by atoms with E-state index in [9.17, 15) is 24.8 Å². The number of para-hydroxylation sites is 2. The Labute approximate surface area is 241 Å². The van der Waals surface area contributed by atoms with Crippen LogP contribution in [-0.4, -0.2) is 51.3 Å². The third kappa shape index (κ3) is 6.42. The Hall–Kier alpha value is -5.57. The van der Waals surface area contributed by atoms with Crippen LogP contribution in [0.5, 0.6) is 17.2 Å². The molecule has 12 heteroatoms. The fourth-order valence-electron chi connectivity index (χ4n) is 4.11. The molecule has 1 amide bonds. The Kier molecular flexibility index (Phi) is 8.62. The Balaban J connectivity index is 1.51. The quantitative estimate of drug-likeness (QED) is 0.217. The minimum absolute atomic E-state index is 0.0879. The third-order valence-electron chi connectivity index (χ3n) is 6.22. The Morgan fingerprint density at radius 2 is 1.79 bits per heavy atom. The Bertz CT molecular complexity index is 1690. The largest absolute Gasteiger partial charge is 0.478 e. The van der Waals surface area contributed by atoms with Crippen LogP contribution in [0, 0.1) is 18.3 Å². The van der Waals surface area contributed by atoms with Gasteiger partial charge in [-0.3, -0.25) is 9.59 Å². The molecule has 0 bridgehead atoms. The monoisotopic (exact) mass is 571 g/mol. The van der Waals surface area contributed by atoms with Crippen molar-refractivity contribution in [3.05, 3.63) is 77.6 Å². The average molecular weight is 572 g/mol. The lowest BCUT2D eigenvalue weighted by Crippen LogP contribution is -2.48. The molecule has 0 radical (unpaired) electrons. The van der Waals surface area contributed by atoms with E-state index in [1.165, 1.54) is 16.9 Å². The number of anilines is 2. The van der Waals surface area contributed by atoms with Gasteiger partial charge in [-0.25, -0.2) is 9.31 Å². The number of nitriles is 1. The number of amides is 1. The lowest BCUT2D eigenvalue weighted by Gasteiger charge is -2.26. The van der Waals surface area contributed by atoms with Crippen LogP contribution in [0.4, 0.5) is 11.4 Å². The van der Waals surface area contributed by atoms with Gasteiger partial charge in [0.2, 0.25) is 0 Å². The van der Waals surface area contributed by atoms with Crippen LogP contribution in [0.1, 0.15) is 42.3 Å². The van der Waals surface area contributed by atoms with Crippen molar-refractivity contribution in [1.29, 1.82) is 5.26 Å². The number of benzene rings is 2. The van der Waals surface area contributed by atoms with E-state index in [1.807, 2.05) is 0 Å². The van der Waals surface area contributed by atoms with Crippen molar-refractivity contribution in [1.82, 2.24) is 14.9 Å². The predicted molar refractivity (Wildman–Crippen MR) is 152 cm³/mol. The van der Waals surface area contributed by atoms with Crippen LogP contribution in [-0.2, 0) is 14.3 Å². The molecule has 0 aliphatic carbocycles. The zero-order chi connectivity index (χ0) is 30.4. The molecule has 0 spiro atoms. The van der Waals surface area contributed by atoms with Gasteiger partial charge in [0.1, 0.15) is 18.4 Å². The second kappa shape index (κ2) is 12.3. The van der Waals surface area contributed by atoms with Gasteiger partial charge < -0.3 is 30.0 Å². The van der Waals surface area contributed by atoms with Gasteiger partial charge in [-0.15, -0.1) is 0 Å². The fraction of sp³-hybridized carbons (Fsp3) is 0.233. The van der Waals surface area contributed by atoms with Gasteiger partial charge in [0, 0.05) is 11.9 Å². The van der Waals surface area contributed by atoms with E-state index in [0.717, 1.165) is 0 Å². The molecule has 2 aromatic carbocycles. The molecule has 0 unspecified atom stereocenters. The van der Waals surface area contributed by atoms with Crippen molar-refractivity contribution in [3.63, 3.8) is 0 Å². The molecule has 0 aliphatic rings. The van der Waals surface area contributed by atoms with Crippen LogP contribution in [0.15, 0.2) is 60.9 Å². The first-order valence-electron chi connectivity index (χ1n) is 12.9. The second-order valence-electron chi connectivity index (χ2n) is 9.61. The molecule has 0 aliphatic heterocycles. The number of carboxylic acid groups (broad SMARTS) is 1. The fourth-order valence-corrected chi connectivity index (χ4v) is 4.11. The number of carbonyl (C=O) groups excluding carboxylic acids is 2. The summed E-state index contributed by atoms with van der Waals surface area (Å²) in [5, 5.41) is 29.0. The first-order chi connectivity index (χ1) is 20.0. The second-order valence-corrected chi connectivity index (χ2v) is 9.61. The van der Waals surface area contributed by atoms with Crippen LogP contribution in [0.2, 0.25) is 0 Å². The summed E-state index contributed by atoms with van der Waals surface area (Å²) < 4.78 is 18.3. The Morgan fingerprint density at radius 3 is 2.43 bits per heavy atom. The maximum Gasteiger partial charge on any atom is 0.337 e. The molecule has 3 N–H and O–H groups in total. The molecule has 12 nitrogen and oxygen atoms in total. The molecule has 216 valence electrons. The third-order valence-corrected chi connectivity index (χ3v) is 6.22. The summed E-state index contributed by atoms with van der Waals surface area (Å²) in [4.78, 5) is 35.9. The number of carbonyl (C=O) groups is 3. The molecular formula is C30H29N5O7. The summed E-state index contributed by atoms with van der Waals surface area (Å²) in [5.74, 6) is -1.00. The summed E-state index contributed by atoms with van der Waals surface area (Å²) in [6.45, 7) is 6.42. The van der Waals surface area contributed by atoms with Crippen molar-refractivity contribution in [3.8, 4) is 23.3 Å². The molecule has 42 heavy (non-hydrogen) atoms. The van der Waals surface area contributed by atoms with Gasteiger partial charge in [0.05, 0.1) is 35.1 Å². The molecule has 4 aromatic rings. The van der Waals surface area contributed by atoms with Crippen molar-refractivity contribution in [2.24, 2.45) is 0 Å². The molecule has 0 saturated carbocycles. The zero-order valence-corrected chi connectivity index (χ0v) is 23.4. The standard InChI is InChI=1S/C30H29N5O7/c1-5-40-25(36)16-32-29(39)30(3,4)42-24-9-7-6-8-23(24)41-21-12-10-20(11-13-21)34-26-19(14-31)15-33-35-17-22(28(37)38)18(2)27(26)35/h6-13,15,17,34H,5,16H2,1-4H3,(H,32,39)(H,37,38). The number of aryl methyl sites for hydroxylation is 1. The first kappa shape index (κ1) is 29.4. The van der Waals surface area contributed by atoms with E-state index in [2.05, 4.69) is 21.8 Å². The van der Waals surface area contributed by atoms with Gasteiger partial charge in [-0.1, -0.05) is 12.1 Å². The van der Waals surface area contributed by atoms with E-state index in [0.29, 0.717) is 39.7 Å². The summed E-state index contributed by atoms with van der Waals surface area (Å²) in [7, 11) is 0. The minimum atomic E-state index is -1.33. The zero-order valence-electron chi connectivity index (χ0n) is 23.4. The predicted octanol–water partition coefficient (Wildman–Crippen LogP) is 4.59. The van der Waals surface area contributed by atoms with Crippen LogP contribution < -0.4 is 20.1 Å². The number of hydrogen-bond acceptors (Lipinski definition) is 9. The van der Waals surface area contributed by atoms with Crippen molar-refractivity contribution >= 4 is 34.7 Å². The topological polar surface area (TPSA) is 164 Å². The maximum atomic E-state index is 12.7. The van der Waals surface area contributed by atoms with Gasteiger partial charge in [0.25, 0.3) is 5.91 Å². The lowest BCUT2D eigenvalue weighted by molar-refractivity contribution is -0.145. The average Bonchev–Trinajstić information content (AvgIpc) is 3.31. The van der Waals surface area contributed by atoms with Crippen LogP contribution >= 0.6 is 0 Å². The van der Waals surface area contributed by atoms with Gasteiger partial charge >= 0.3 is 11.9 Å². The van der Waals surface area contributed by atoms with Crippen molar-refractivity contribution < 1.29 is 33.7 Å². The normalized spacial score (nSPS) is 10.9. The summed E-state index contributed by atoms with van der Waals surface area (Å²) in [6.07, 6.45) is 2.77. The van der Waals surface area contributed by atoms with Crippen LogP contribution in [0.25, 0.3) is 5.52 Å². The number of aromatic nitrogens is 2. The highest BCUT2D eigenvalue weighted by Gasteiger charge is 2.31. The van der Waals surface area contributed by atoms with E-state index < -0.39 is 23.4 Å². The number of nitrogens with one attached hydrogen (secondary N) is 2. The highest BCUT2D eigenvalue weighted by molar-refractivity contribution is 5.96. The van der Waals surface area contributed by atoms with E-state index in [1.54, 1.807) is 76.2 Å². The molecule has 0 fully saturated rings. The number of fused-ring (bicyclic) bond motifs is 1. The SMILES string of the molecule is CCOC(=O)CNC(=O)C(C)(C)Oc1ccccc1Oc1ccc(Nc2c(C#N)cnn3cc(C(=O)O)c(C)c23)cc1. The molecule has 0 atom stereocenters. The Morgan fingerprint density at radius 1 is 1.10 bits per heavy atom. The maximum absolute atomic E-state index is 12.7. The van der Waals surface area contributed by atoms with Crippen LogP contribution in [0.3, 0.4) is 0 Å². The molecule has 2 aromatic heterocycles. The number of hydrogen-bond donors (Lipinski definition) is 3. The van der Waals surface area contributed by atoms with E-state index in [4.69, 9.17) is 14.2 Å². The molecular weight excluding hydrogens is 542 g/mol. The van der Waals surface area contributed by atoms with Gasteiger partial charge in [-0.05, 0) is 69.7 Å². The highest BCUT2D eigenvalue weighted by Crippen LogP contribution is 2.35. The number of esters is 1. The summed E-state index contributed by atoms with van der Waals surface area (Å²) in [5.41, 5.74) is 1.01. The van der Waals surface area contributed by atoms with E-state index in [-0.39, 0.29) is 24.3 Å². The van der Waals surface area contributed by atoms with Gasteiger partial charge in [0.15, 0.2) is 17.1 Å². The molecule has 0 saturated heterocycles. The summed E-state index contributed by atoms with van der Waals surface area (Å²) >= 11 is 0. The minimum Gasteiger partial charge on any atom is -0.478 e. The van der Waals surface area contributed by atoms with E-state index >= 15 is 0 Å². The lowest BCUT2D eigenvalue weighted by atomic mass is 10.1. The van der Waals surface area contributed by atoms with Crippen molar-refractivity contribution in [2.75, 3.05) is 18.5 Å². The summed E-state index contributed by atoms with van der Waals surface area (Å²) in [6, 6.07) is 15.8. The number of carboxylic acids is 1.